The summed E-state index contributed by atoms with van der Waals surface area (Å²) in [5.41, 5.74) is -2.00. The maximum atomic E-state index is 15.6. The van der Waals surface area contributed by atoms with Crippen molar-refractivity contribution in [1.29, 1.82) is 0 Å². The number of rotatable bonds is 11. The SMILES string of the molecule is CCC1Cc2c(C(F)F)nn(CC(=O)NC(Cc3cc(F)cc(F)c3)c3nc(C#CC(C)(C)O)ccc3-c3cccc4c(NS(C)(=O)=O)nn(C)c34)c2C1(F)F. The minimum absolute atomic E-state index is 0.0147. The molecule has 3 heterocycles. The summed E-state index contributed by atoms with van der Waals surface area (Å²) in [6.07, 6.45) is -2.90. The van der Waals surface area contributed by atoms with E-state index in [1.807, 2.05) is 0 Å². The van der Waals surface area contributed by atoms with Crippen LogP contribution in [0.15, 0.2) is 48.5 Å². The number of halogens is 6. The summed E-state index contributed by atoms with van der Waals surface area (Å²) >= 11 is 0. The molecule has 6 rings (SSSR count). The lowest BCUT2D eigenvalue weighted by atomic mass is 9.93. The molecule has 0 radical (unpaired) electrons. The number of pyridine rings is 1. The standard InChI is InChI=1S/C38H37F6N7O4S/c1-6-21-17-28-32(35(41)42)47-51(34(28)38(21,43)44)19-30(52)46-29(16-20-14-22(39)18-23(40)15-20)31-25(11-10-24(45-31)12-13-37(2,3)53)26-8-7-9-27-33(26)50(4)48-36(27)49-56(5,54)55/h7-11,14-15,18,21,29,35,53H,6,16-17,19H2,1-5H3,(H,46,52)(H,48,49). The Labute approximate surface area is 318 Å². The van der Waals surface area contributed by atoms with Gasteiger partial charge in [-0.15, -0.1) is 0 Å². The lowest BCUT2D eigenvalue weighted by Gasteiger charge is -2.23. The normalized spacial score (nSPS) is 15.8. The van der Waals surface area contributed by atoms with E-state index in [2.05, 4.69) is 32.1 Å². The molecule has 2 atom stereocenters. The first-order valence-corrected chi connectivity index (χ1v) is 19.2. The van der Waals surface area contributed by atoms with E-state index in [1.54, 1.807) is 31.3 Å². The first-order valence-electron chi connectivity index (χ1n) is 17.4. The van der Waals surface area contributed by atoms with E-state index < -0.39 is 75.4 Å². The minimum atomic E-state index is -3.76. The van der Waals surface area contributed by atoms with Gasteiger partial charge in [0.05, 0.1) is 23.5 Å². The second-order valence-corrected chi connectivity index (χ2v) is 15.9. The third-order valence-electron chi connectivity index (χ3n) is 9.24. The second kappa shape index (κ2) is 14.9. The Balaban J connectivity index is 1.52. The molecule has 0 bridgehead atoms. The van der Waals surface area contributed by atoms with Crippen molar-refractivity contribution in [2.45, 2.75) is 70.6 Å². The van der Waals surface area contributed by atoms with Gasteiger partial charge in [-0.3, -0.25) is 18.9 Å². The molecule has 2 aromatic carbocycles. The molecular formula is C38H37F6N7O4S. The van der Waals surface area contributed by atoms with Gasteiger partial charge in [0.1, 0.15) is 40.9 Å². The maximum absolute atomic E-state index is 15.6. The van der Waals surface area contributed by atoms with Gasteiger partial charge >= 0.3 is 0 Å². The monoisotopic (exact) mass is 801 g/mol. The molecule has 3 aromatic heterocycles. The topological polar surface area (TPSA) is 144 Å². The predicted molar refractivity (Wildman–Crippen MR) is 195 cm³/mol. The zero-order chi connectivity index (χ0) is 40.9. The molecule has 3 N–H and O–H groups in total. The summed E-state index contributed by atoms with van der Waals surface area (Å²) in [4.78, 5) is 18.6. The molecule has 1 amide bonds. The first-order chi connectivity index (χ1) is 26.1. The van der Waals surface area contributed by atoms with Gasteiger partial charge < -0.3 is 10.4 Å². The van der Waals surface area contributed by atoms with Gasteiger partial charge in [0, 0.05) is 41.1 Å². The van der Waals surface area contributed by atoms with Gasteiger partial charge in [0.2, 0.25) is 15.9 Å². The summed E-state index contributed by atoms with van der Waals surface area (Å²) in [7, 11) is -2.19. The zero-order valence-corrected chi connectivity index (χ0v) is 31.6. The van der Waals surface area contributed by atoms with Crippen LogP contribution in [0.4, 0.5) is 32.2 Å². The molecule has 0 aliphatic heterocycles. The Bertz CT molecular complexity index is 2500. The zero-order valence-electron chi connectivity index (χ0n) is 30.8. The number of benzene rings is 2. The Morgan fingerprint density at radius 2 is 1.77 bits per heavy atom. The number of amides is 1. The highest BCUT2D eigenvalue weighted by Gasteiger charge is 2.52. The number of anilines is 1. The van der Waals surface area contributed by atoms with Crippen LogP contribution in [-0.4, -0.2) is 55.8 Å². The van der Waals surface area contributed by atoms with Crippen LogP contribution in [0.3, 0.4) is 0 Å². The Morgan fingerprint density at radius 1 is 1.07 bits per heavy atom. The maximum Gasteiger partial charge on any atom is 0.292 e. The van der Waals surface area contributed by atoms with Gasteiger partial charge in [-0.25, -0.2) is 31.0 Å². The number of sulfonamides is 1. The number of alkyl halides is 4. The van der Waals surface area contributed by atoms with Crippen LogP contribution in [-0.2, 0) is 47.2 Å². The summed E-state index contributed by atoms with van der Waals surface area (Å²) in [5.74, 6) is -2.21. The molecule has 296 valence electrons. The van der Waals surface area contributed by atoms with Crippen LogP contribution in [0.2, 0.25) is 0 Å². The van der Waals surface area contributed by atoms with E-state index in [0.29, 0.717) is 32.8 Å². The van der Waals surface area contributed by atoms with Gasteiger partial charge in [-0.1, -0.05) is 25.0 Å². The molecule has 18 heteroatoms. The van der Waals surface area contributed by atoms with Crippen molar-refractivity contribution < 1.29 is 44.7 Å². The first kappa shape index (κ1) is 40.3. The smallest absolute Gasteiger partial charge is 0.292 e. The highest BCUT2D eigenvalue weighted by Crippen LogP contribution is 2.49. The van der Waals surface area contributed by atoms with Crippen molar-refractivity contribution in [1.82, 2.24) is 29.9 Å². The number of aryl methyl sites for hydroxylation is 1. The summed E-state index contributed by atoms with van der Waals surface area (Å²) < 4.78 is 117. The fourth-order valence-electron chi connectivity index (χ4n) is 6.97. The number of nitrogens with one attached hydrogen (secondary N) is 2. The lowest BCUT2D eigenvalue weighted by Crippen LogP contribution is -2.35. The lowest BCUT2D eigenvalue weighted by molar-refractivity contribution is -0.123. The molecule has 11 nitrogen and oxygen atoms in total. The van der Waals surface area contributed by atoms with Crippen LogP contribution in [0.1, 0.15) is 73.6 Å². The average Bonchev–Trinajstić information content (AvgIpc) is 3.70. The number of hydrogen-bond acceptors (Lipinski definition) is 7. The number of carbonyl (C=O) groups is 1. The van der Waals surface area contributed by atoms with Crippen molar-refractivity contribution >= 4 is 32.7 Å². The van der Waals surface area contributed by atoms with Gasteiger partial charge in [0.25, 0.3) is 12.3 Å². The molecule has 5 aromatic rings. The number of carbonyl (C=O) groups excluding carboxylic acids is 1. The van der Waals surface area contributed by atoms with Gasteiger partial charge in [-0.05, 0) is 74.9 Å². The molecule has 0 fully saturated rings. The van der Waals surface area contributed by atoms with E-state index in [9.17, 15) is 35.9 Å². The van der Waals surface area contributed by atoms with Crippen molar-refractivity contribution in [2.75, 3.05) is 11.0 Å². The highest BCUT2D eigenvalue weighted by molar-refractivity contribution is 7.92. The number of aliphatic hydroxyl groups is 1. The summed E-state index contributed by atoms with van der Waals surface area (Å²) in [5, 5.41) is 21.5. The van der Waals surface area contributed by atoms with E-state index in [1.165, 1.54) is 31.5 Å². The van der Waals surface area contributed by atoms with E-state index in [4.69, 9.17) is 4.98 Å². The molecular weight excluding hydrogens is 765 g/mol. The number of hydrogen-bond donors (Lipinski definition) is 3. The summed E-state index contributed by atoms with van der Waals surface area (Å²) in [6, 6.07) is 9.46. The Hall–Kier alpha value is -5.41. The molecule has 1 aliphatic carbocycles. The molecule has 1 aliphatic rings. The third-order valence-corrected chi connectivity index (χ3v) is 9.80. The van der Waals surface area contributed by atoms with Crippen molar-refractivity contribution in [2.24, 2.45) is 13.0 Å². The third kappa shape index (κ3) is 8.38. The molecule has 0 saturated carbocycles. The molecule has 2 unspecified atom stereocenters. The van der Waals surface area contributed by atoms with E-state index in [-0.39, 0.29) is 47.6 Å². The Kier molecular flexibility index (Phi) is 10.7. The largest absolute Gasteiger partial charge is 0.378 e. The van der Waals surface area contributed by atoms with Gasteiger partial charge in [-0.2, -0.15) is 19.0 Å². The van der Waals surface area contributed by atoms with E-state index in [0.717, 1.165) is 18.4 Å². The molecule has 0 saturated heterocycles. The van der Waals surface area contributed by atoms with Crippen LogP contribution in [0.25, 0.3) is 22.0 Å². The molecule has 56 heavy (non-hydrogen) atoms. The number of aromatic nitrogens is 5. The number of nitrogens with zero attached hydrogens (tertiary/aromatic N) is 5. The second-order valence-electron chi connectivity index (χ2n) is 14.2. The fraction of sp³-hybridized carbons (Fsp3) is 0.368. The van der Waals surface area contributed by atoms with Crippen molar-refractivity contribution in [3.8, 4) is 23.0 Å². The quantitative estimate of drug-likeness (QED) is 0.105. The number of para-hydroxylation sites is 1. The Morgan fingerprint density at radius 3 is 2.39 bits per heavy atom. The highest BCUT2D eigenvalue weighted by atomic mass is 32.2. The van der Waals surface area contributed by atoms with Crippen LogP contribution in [0, 0.1) is 29.4 Å². The van der Waals surface area contributed by atoms with Gasteiger partial charge in [0.15, 0.2) is 5.82 Å². The minimum Gasteiger partial charge on any atom is -0.378 e. The van der Waals surface area contributed by atoms with Crippen LogP contribution < -0.4 is 10.0 Å². The van der Waals surface area contributed by atoms with Crippen LogP contribution in [0.5, 0.6) is 0 Å². The van der Waals surface area contributed by atoms with Crippen molar-refractivity contribution in [3.05, 3.63) is 94.1 Å². The van der Waals surface area contributed by atoms with Crippen molar-refractivity contribution in [3.63, 3.8) is 0 Å². The fourth-order valence-corrected chi connectivity index (χ4v) is 7.47. The average molecular weight is 802 g/mol. The summed E-state index contributed by atoms with van der Waals surface area (Å²) in [6.45, 7) is 3.48. The predicted octanol–water partition coefficient (Wildman–Crippen LogP) is 6.32. The molecule has 0 spiro atoms. The number of fused-ring (bicyclic) bond motifs is 2. The van der Waals surface area contributed by atoms with Crippen LogP contribution >= 0.6 is 0 Å². The van der Waals surface area contributed by atoms with E-state index >= 15 is 8.78 Å².